The van der Waals surface area contributed by atoms with Gasteiger partial charge in [-0.25, -0.2) is 9.18 Å². The second-order valence-corrected chi connectivity index (χ2v) is 9.75. The lowest BCUT2D eigenvalue weighted by molar-refractivity contribution is 0.0695. The van der Waals surface area contributed by atoms with E-state index in [0.29, 0.717) is 30.2 Å². The van der Waals surface area contributed by atoms with Crippen molar-refractivity contribution in [3.05, 3.63) is 93.5 Å². The molecule has 0 saturated carbocycles. The molecule has 1 fully saturated rings. The average molecular weight is 501 g/mol. The number of rotatable bonds is 6. The van der Waals surface area contributed by atoms with E-state index in [0.717, 1.165) is 23.1 Å². The molecule has 0 spiro atoms. The fourth-order valence-corrected chi connectivity index (χ4v) is 5.28. The summed E-state index contributed by atoms with van der Waals surface area (Å²) >= 11 is 0. The highest BCUT2D eigenvalue weighted by Gasteiger charge is 2.30. The Kier molecular flexibility index (Phi) is 6.46. The van der Waals surface area contributed by atoms with Crippen molar-refractivity contribution in [3.8, 4) is 16.9 Å². The lowest BCUT2D eigenvalue weighted by Crippen LogP contribution is -2.25. The highest BCUT2D eigenvalue weighted by atomic mass is 19.1. The van der Waals surface area contributed by atoms with Crippen LogP contribution in [0.15, 0.2) is 65.6 Å². The lowest BCUT2D eigenvalue weighted by atomic mass is 10.0. The van der Waals surface area contributed by atoms with Crippen molar-refractivity contribution in [2.24, 2.45) is 5.92 Å². The highest BCUT2D eigenvalue weighted by molar-refractivity contribution is 5.98. The minimum absolute atomic E-state index is 0.0335. The van der Waals surface area contributed by atoms with E-state index in [2.05, 4.69) is 6.92 Å². The number of hydrogen-bond donors (Lipinski definition) is 1. The van der Waals surface area contributed by atoms with Gasteiger partial charge in [0.25, 0.3) is 0 Å². The zero-order valence-corrected chi connectivity index (χ0v) is 21.1. The van der Waals surface area contributed by atoms with Gasteiger partial charge in [0.2, 0.25) is 5.43 Å². The van der Waals surface area contributed by atoms with Crippen LogP contribution in [0, 0.1) is 18.7 Å². The largest absolute Gasteiger partial charge is 0.492 e. The smallest absolute Gasteiger partial charge is 0.341 e. The van der Waals surface area contributed by atoms with Gasteiger partial charge in [-0.05, 0) is 36.0 Å². The van der Waals surface area contributed by atoms with Crippen LogP contribution < -0.4 is 15.1 Å². The van der Waals surface area contributed by atoms with Crippen LogP contribution in [0.3, 0.4) is 0 Å². The number of carboxylic acids is 1. The summed E-state index contributed by atoms with van der Waals surface area (Å²) in [4.78, 5) is 27.2. The number of pyridine rings is 1. The number of nitrogens with zero attached hydrogens (tertiary/aromatic N) is 2. The van der Waals surface area contributed by atoms with Gasteiger partial charge in [0.05, 0.1) is 18.0 Å². The Balaban J connectivity index is 1.71. The molecule has 190 valence electrons. The van der Waals surface area contributed by atoms with E-state index in [-0.39, 0.29) is 23.2 Å². The minimum atomic E-state index is -1.35. The molecule has 1 unspecified atom stereocenters. The number of benzene rings is 3. The Bertz CT molecular complexity index is 1540. The first-order chi connectivity index (χ1) is 17.8. The summed E-state index contributed by atoms with van der Waals surface area (Å²) < 4.78 is 23.3. The Morgan fingerprint density at radius 2 is 1.78 bits per heavy atom. The van der Waals surface area contributed by atoms with Gasteiger partial charge >= 0.3 is 5.97 Å². The fraction of sp³-hybridized carbons (Fsp3) is 0.267. The van der Waals surface area contributed by atoms with E-state index in [9.17, 15) is 14.7 Å². The molecule has 7 heteroatoms. The number of aromatic nitrogens is 1. The molecular formula is C30H29FN2O4. The number of ether oxygens (including phenoxy) is 1. The molecule has 4 aromatic rings. The second kappa shape index (κ2) is 9.73. The van der Waals surface area contributed by atoms with E-state index in [1.54, 1.807) is 4.57 Å². The van der Waals surface area contributed by atoms with Gasteiger partial charge in [0, 0.05) is 31.4 Å². The molecule has 37 heavy (non-hydrogen) atoms. The van der Waals surface area contributed by atoms with E-state index in [1.807, 2.05) is 59.5 Å². The van der Waals surface area contributed by atoms with Crippen LogP contribution in [-0.4, -0.2) is 35.8 Å². The molecule has 0 aliphatic carbocycles. The molecule has 1 atom stereocenters. The maximum atomic E-state index is 15.8. The maximum absolute atomic E-state index is 15.8. The summed E-state index contributed by atoms with van der Waals surface area (Å²) in [7, 11) is 1.46. The Morgan fingerprint density at radius 3 is 2.38 bits per heavy atom. The molecule has 1 aliphatic rings. The summed E-state index contributed by atoms with van der Waals surface area (Å²) in [6, 6.07) is 18.0. The summed E-state index contributed by atoms with van der Waals surface area (Å²) in [6.07, 6.45) is 2.27. The molecule has 0 radical (unpaired) electrons. The lowest BCUT2D eigenvalue weighted by Gasteiger charge is -2.26. The maximum Gasteiger partial charge on any atom is 0.341 e. The number of carboxylic acid groups (broad SMARTS) is 1. The third-order valence-electron chi connectivity index (χ3n) is 7.21. The van der Waals surface area contributed by atoms with Gasteiger partial charge in [-0.3, -0.25) is 4.79 Å². The zero-order valence-electron chi connectivity index (χ0n) is 21.1. The second-order valence-electron chi connectivity index (χ2n) is 9.75. The topological polar surface area (TPSA) is 71.8 Å². The van der Waals surface area contributed by atoms with Crippen LogP contribution in [-0.2, 0) is 6.54 Å². The number of hydrogen-bond acceptors (Lipinski definition) is 4. The molecule has 1 aliphatic heterocycles. The molecule has 5 rings (SSSR count). The van der Waals surface area contributed by atoms with Crippen molar-refractivity contribution in [2.45, 2.75) is 26.8 Å². The summed E-state index contributed by atoms with van der Waals surface area (Å²) in [6.45, 7) is 5.29. The predicted molar refractivity (Wildman–Crippen MR) is 143 cm³/mol. The quantitative estimate of drug-likeness (QED) is 0.367. The first-order valence-corrected chi connectivity index (χ1v) is 12.4. The van der Waals surface area contributed by atoms with Gasteiger partial charge in [0.1, 0.15) is 11.3 Å². The number of methoxy groups -OCH3 is 1. The van der Waals surface area contributed by atoms with Crippen LogP contribution in [0.25, 0.3) is 22.0 Å². The van der Waals surface area contributed by atoms with E-state index in [1.165, 1.54) is 20.2 Å². The van der Waals surface area contributed by atoms with E-state index < -0.39 is 22.8 Å². The van der Waals surface area contributed by atoms with Gasteiger partial charge < -0.3 is 19.3 Å². The Labute approximate surface area is 214 Å². The molecular weight excluding hydrogens is 471 g/mol. The number of aromatic carboxylic acids is 1. The van der Waals surface area contributed by atoms with Gasteiger partial charge in [-0.2, -0.15) is 0 Å². The van der Waals surface area contributed by atoms with Crippen molar-refractivity contribution < 1.29 is 19.0 Å². The molecule has 1 N–H and O–H groups in total. The van der Waals surface area contributed by atoms with Gasteiger partial charge in [-0.15, -0.1) is 0 Å². The third-order valence-corrected chi connectivity index (χ3v) is 7.21. The number of aryl methyl sites for hydroxylation is 1. The Hall–Kier alpha value is -4.13. The predicted octanol–water partition coefficient (Wildman–Crippen LogP) is 5.72. The highest BCUT2D eigenvalue weighted by Crippen LogP contribution is 2.42. The van der Waals surface area contributed by atoms with Crippen LogP contribution in [0.5, 0.6) is 5.75 Å². The number of carbonyl (C=O) groups is 1. The van der Waals surface area contributed by atoms with Gasteiger partial charge in [0.15, 0.2) is 11.6 Å². The summed E-state index contributed by atoms with van der Waals surface area (Å²) in [5.41, 5.74) is 2.79. The van der Waals surface area contributed by atoms with Gasteiger partial charge in [-0.1, -0.05) is 61.5 Å². The standard InChI is InChI=1S/C30H29FN2O4/c1-18-13-14-32(15-18)27-25(31)19(2)24-26(29(27)37-3)33(17-23(28(24)34)30(35)36)16-20-9-11-22(12-10-20)21-7-5-4-6-8-21/h4-12,17-18H,13-16H2,1-3H3,(H,35,36). The number of fused-ring (bicyclic) bond motifs is 1. The van der Waals surface area contributed by atoms with E-state index in [4.69, 9.17) is 4.74 Å². The first-order valence-electron chi connectivity index (χ1n) is 12.4. The zero-order chi connectivity index (χ0) is 26.3. The van der Waals surface area contributed by atoms with Crippen LogP contribution >= 0.6 is 0 Å². The van der Waals surface area contributed by atoms with Crippen LogP contribution in [0.4, 0.5) is 10.1 Å². The summed E-state index contributed by atoms with van der Waals surface area (Å²) in [5.74, 6) is -1.24. The molecule has 0 bridgehead atoms. The number of halogens is 1. The van der Waals surface area contributed by atoms with Crippen LogP contribution in [0.2, 0.25) is 0 Å². The minimum Gasteiger partial charge on any atom is -0.492 e. The molecule has 3 aromatic carbocycles. The van der Waals surface area contributed by atoms with E-state index >= 15 is 4.39 Å². The van der Waals surface area contributed by atoms with Crippen molar-refractivity contribution in [2.75, 3.05) is 25.1 Å². The fourth-order valence-electron chi connectivity index (χ4n) is 5.28. The monoisotopic (exact) mass is 500 g/mol. The average Bonchev–Trinajstić information content (AvgIpc) is 3.33. The normalized spacial score (nSPS) is 15.4. The van der Waals surface area contributed by atoms with Crippen molar-refractivity contribution in [1.82, 2.24) is 4.57 Å². The SMILES string of the molecule is COc1c(N2CCC(C)C2)c(F)c(C)c2c(=O)c(C(=O)O)cn(Cc3ccc(-c4ccccc4)cc3)c12. The molecule has 6 nitrogen and oxygen atoms in total. The molecule has 1 saturated heterocycles. The Morgan fingerprint density at radius 1 is 1.11 bits per heavy atom. The van der Waals surface area contributed by atoms with Crippen LogP contribution in [0.1, 0.15) is 34.8 Å². The summed E-state index contributed by atoms with van der Waals surface area (Å²) in [5, 5.41) is 9.81. The molecule has 1 aromatic heterocycles. The molecule has 2 heterocycles. The van der Waals surface area contributed by atoms with Crippen molar-refractivity contribution >= 4 is 22.6 Å². The molecule has 0 amide bonds. The third kappa shape index (κ3) is 4.35. The van der Waals surface area contributed by atoms with Crippen molar-refractivity contribution in [3.63, 3.8) is 0 Å². The first kappa shape index (κ1) is 24.6. The number of anilines is 1. The van der Waals surface area contributed by atoms with Crippen molar-refractivity contribution in [1.29, 1.82) is 0 Å².